The zero-order chi connectivity index (χ0) is 4.28. The van der Waals surface area contributed by atoms with E-state index in [1.165, 1.54) is 0 Å². The molecule has 1 radical (unpaired) electrons. The summed E-state index contributed by atoms with van der Waals surface area (Å²) < 4.78 is 0. The quantitative estimate of drug-likeness (QED) is 0.489. The van der Waals surface area contributed by atoms with Gasteiger partial charge in [0, 0.05) is 25.1 Å². The Balaban J connectivity index is 0. The minimum atomic E-state index is -0.338. The van der Waals surface area contributed by atoms with Crippen LogP contribution in [0.5, 0.6) is 0 Å². The largest absolute Gasteiger partial charge is 0.392 e. The Bertz CT molecular complexity index is 24.8. The number of nitrogens with two attached hydrogens (primary N) is 1. The molecule has 1 unspecified atom stereocenters. The molecule has 0 saturated heterocycles. The molecule has 0 bridgehead atoms. The van der Waals surface area contributed by atoms with Gasteiger partial charge in [-0.05, 0) is 6.92 Å². The molecule has 3 N–H and O–H groups in total. The smallest absolute Gasteiger partial charge is 0.0634 e. The van der Waals surface area contributed by atoms with E-state index < -0.39 is 0 Å². The van der Waals surface area contributed by atoms with E-state index in [9.17, 15) is 0 Å². The average Bonchev–Trinajstić information content (AvgIpc) is 1.38. The van der Waals surface area contributed by atoms with Gasteiger partial charge in [-0.3, -0.25) is 0 Å². The SMILES string of the molecule is CC(O)CN.[V]. The molecule has 2 nitrogen and oxygen atoms in total. The van der Waals surface area contributed by atoms with Gasteiger partial charge in [-0.25, -0.2) is 0 Å². The van der Waals surface area contributed by atoms with Gasteiger partial charge in [-0.2, -0.15) is 0 Å². The van der Waals surface area contributed by atoms with Gasteiger partial charge in [-0.1, -0.05) is 0 Å². The van der Waals surface area contributed by atoms with Crippen LogP contribution >= 0.6 is 0 Å². The summed E-state index contributed by atoms with van der Waals surface area (Å²) in [6.07, 6.45) is -0.338. The molecule has 0 aliphatic rings. The van der Waals surface area contributed by atoms with Crippen molar-refractivity contribution in [3.05, 3.63) is 0 Å². The Kier molecular flexibility index (Phi) is 8.91. The van der Waals surface area contributed by atoms with Crippen LogP contribution in [0.4, 0.5) is 0 Å². The van der Waals surface area contributed by atoms with Crippen LogP contribution in [0.2, 0.25) is 0 Å². The average molecular weight is 126 g/mol. The van der Waals surface area contributed by atoms with E-state index in [1.807, 2.05) is 0 Å². The zero-order valence-electron chi connectivity index (χ0n) is 3.76. The topological polar surface area (TPSA) is 46.2 Å². The molecule has 0 amide bonds. The monoisotopic (exact) mass is 126 g/mol. The Morgan fingerprint density at radius 1 is 1.83 bits per heavy atom. The van der Waals surface area contributed by atoms with Crippen molar-refractivity contribution in [2.24, 2.45) is 5.73 Å². The molecular formula is C3H9NOV. The fourth-order valence-corrected chi connectivity index (χ4v) is 0. The van der Waals surface area contributed by atoms with Crippen LogP contribution in [0.3, 0.4) is 0 Å². The summed E-state index contributed by atoms with van der Waals surface area (Å²) in [7, 11) is 0. The van der Waals surface area contributed by atoms with Crippen molar-refractivity contribution in [3.63, 3.8) is 0 Å². The van der Waals surface area contributed by atoms with Crippen molar-refractivity contribution in [2.75, 3.05) is 6.54 Å². The molecule has 0 rings (SSSR count). The number of hydrogen-bond acceptors (Lipinski definition) is 2. The molecule has 0 aromatic carbocycles. The first-order valence-corrected chi connectivity index (χ1v) is 1.65. The van der Waals surface area contributed by atoms with Crippen molar-refractivity contribution in [1.29, 1.82) is 0 Å². The molecule has 1 atom stereocenters. The molecule has 3 heteroatoms. The summed E-state index contributed by atoms with van der Waals surface area (Å²) in [6, 6.07) is 0. The first kappa shape index (κ1) is 9.71. The number of rotatable bonds is 1. The van der Waals surface area contributed by atoms with Crippen molar-refractivity contribution in [1.82, 2.24) is 0 Å². The van der Waals surface area contributed by atoms with Crippen LogP contribution in [-0.2, 0) is 18.6 Å². The summed E-state index contributed by atoms with van der Waals surface area (Å²) in [5.41, 5.74) is 4.92. The van der Waals surface area contributed by atoms with Crippen LogP contribution in [0.15, 0.2) is 0 Å². The molecule has 37 valence electrons. The van der Waals surface area contributed by atoms with Crippen LogP contribution in [0.25, 0.3) is 0 Å². The van der Waals surface area contributed by atoms with Crippen molar-refractivity contribution >= 4 is 0 Å². The third-order valence-electron chi connectivity index (χ3n) is 0.341. The molecule has 0 aromatic rings. The van der Waals surface area contributed by atoms with E-state index in [1.54, 1.807) is 6.92 Å². The fourth-order valence-electron chi connectivity index (χ4n) is 0. The first-order chi connectivity index (χ1) is 2.27. The van der Waals surface area contributed by atoms with Gasteiger partial charge in [0.25, 0.3) is 0 Å². The molecule has 0 aliphatic carbocycles. The standard InChI is InChI=1S/C3H9NO.V/c1-3(5)2-4;/h3,5H,2,4H2,1H3;. The fraction of sp³-hybridized carbons (Fsp3) is 1.00. The van der Waals surface area contributed by atoms with E-state index >= 15 is 0 Å². The summed E-state index contributed by atoms with van der Waals surface area (Å²) in [6.45, 7) is 2.01. The Morgan fingerprint density at radius 3 is 2.00 bits per heavy atom. The molecule has 6 heavy (non-hydrogen) atoms. The third kappa shape index (κ3) is 8.82. The number of hydrogen-bond donors (Lipinski definition) is 2. The van der Waals surface area contributed by atoms with Gasteiger partial charge < -0.3 is 10.8 Å². The Hall–Kier alpha value is 0.504. The second-order valence-electron chi connectivity index (χ2n) is 1.08. The van der Waals surface area contributed by atoms with Gasteiger partial charge in [0.15, 0.2) is 0 Å². The maximum Gasteiger partial charge on any atom is 0.0634 e. The molecule has 0 aliphatic heterocycles. The van der Waals surface area contributed by atoms with Gasteiger partial charge in [-0.15, -0.1) is 0 Å². The normalized spacial score (nSPS) is 12.5. The molecule has 0 spiro atoms. The number of aliphatic hydroxyl groups excluding tert-OH is 1. The van der Waals surface area contributed by atoms with Crippen molar-refractivity contribution < 1.29 is 23.7 Å². The Morgan fingerprint density at radius 2 is 2.00 bits per heavy atom. The molecule has 0 heterocycles. The van der Waals surface area contributed by atoms with Crippen LogP contribution in [-0.4, -0.2) is 17.8 Å². The van der Waals surface area contributed by atoms with E-state index in [0.29, 0.717) is 6.54 Å². The third-order valence-corrected chi connectivity index (χ3v) is 0.341. The van der Waals surface area contributed by atoms with E-state index in [0.717, 1.165) is 0 Å². The maximum atomic E-state index is 8.24. The predicted molar refractivity (Wildman–Crippen MR) is 20.7 cm³/mol. The Labute approximate surface area is 49.6 Å². The second-order valence-corrected chi connectivity index (χ2v) is 1.08. The van der Waals surface area contributed by atoms with E-state index in [-0.39, 0.29) is 24.7 Å². The van der Waals surface area contributed by atoms with Crippen molar-refractivity contribution in [3.8, 4) is 0 Å². The molecule has 0 aromatic heterocycles. The predicted octanol–water partition coefficient (Wildman–Crippen LogP) is -0.677. The molecular weight excluding hydrogens is 117 g/mol. The van der Waals surface area contributed by atoms with Gasteiger partial charge in [0.2, 0.25) is 0 Å². The number of aliphatic hydroxyl groups is 1. The summed E-state index contributed by atoms with van der Waals surface area (Å²) in [4.78, 5) is 0. The van der Waals surface area contributed by atoms with Gasteiger partial charge in [0.05, 0.1) is 6.10 Å². The van der Waals surface area contributed by atoms with Crippen molar-refractivity contribution in [2.45, 2.75) is 13.0 Å². The van der Waals surface area contributed by atoms with Crippen LogP contribution < -0.4 is 5.73 Å². The van der Waals surface area contributed by atoms with E-state index in [2.05, 4.69) is 0 Å². The second kappa shape index (κ2) is 5.50. The molecule has 0 fully saturated rings. The van der Waals surface area contributed by atoms with Crippen LogP contribution in [0.1, 0.15) is 6.92 Å². The van der Waals surface area contributed by atoms with Gasteiger partial charge in [0.1, 0.15) is 0 Å². The summed E-state index contributed by atoms with van der Waals surface area (Å²) in [5, 5.41) is 8.24. The minimum Gasteiger partial charge on any atom is -0.392 e. The zero-order valence-corrected chi connectivity index (χ0v) is 5.15. The van der Waals surface area contributed by atoms with Crippen LogP contribution in [0, 0.1) is 0 Å². The maximum absolute atomic E-state index is 8.24. The summed E-state index contributed by atoms with van der Waals surface area (Å²) >= 11 is 0. The van der Waals surface area contributed by atoms with Gasteiger partial charge >= 0.3 is 0 Å². The summed E-state index contributed by atoms with van der Waals surface area (Å²) in [5.74, 6) is 0. The minimum absolute atomic E-state index is 0. The van der Waals surface area contributed by atoms with E-state index in [4.69, 9.17) is 10.8 Å². The molecule has 0 saturated carbocycles. The first-order valence-electron chi connectivity index (χ1n) is 1.65.